The van der Waals surface area contributed by atoms with Gasteiger partial charge in [0.25, 0.3) is 0 Å². The van der Waals surface area contributed by atoms with Crippen molar-refractivity contribution in [3.8, 4) is 0 Å². The maximum absolute atomic E-state index is 12.7. The Hall–Kier alpha value is -0.970. The first kappa shape index (κ1) is 15.9. The topological polar surface area (TPSA) is 20.3 Å². The Morgan fingerprint density at radius 3 is 2.68 bits per heavy atom. The molecule has 1 saturated heterocycles. The van der Waals surface area contributed by atoms with Gasteiger partial charge in [0.15, 0.2) is 0 Å². The molecule has 0 radical (unpaired) electrons. The van der Waals surface area contributed by atoms with E-state index in [0.717, 1.165) is 22.3 Å². The van der Waals surface area contributed by atoms with Gasteiger partial charge in [0.05, 0.1) is 6.42 Å². The van der Waals surface area contributed by atoms with E-state index in [0.29, 0.717) is 11.4 Å². The van der Waals surface area contributed by atoms with E-state index in [1.807, 2.05) is 53.1 Å². The van der Waals surface area contributed by atoms with Crippen molar-refractivity contribution in [3.63, 3.8) is 0 Å². The van der Waals surface area contributed by atoms with Gasteiger partial charge in [-0.1, -0.05) is 57.9 Å². The molecular weight excluding hydrogens is 382 g/mol. The van der Waals surface area contributed by atoms with E-state index in [1.165, 1.54) is 5.56 Å². The summed E-state index contributed by atoms with van der Waals surface area (Å²) in [6.07, 6.45) is 0.354. The largest absolute Gasteiger partial charge is 0.325 e. The summed E-state index contributed by atoms with van der Waals surface area (Å²) < 4.78 is 1.05. The van der Waals surface area contributed by atoms with Crippen LogP contribution in [0.25, 0.3) is 0 Å². The van der Waals surface area contributed by atoms with E-state index in [1.54, 1.807) is 0 Å². The highest BCUT2D eigenvalue weighted by Gasteiger charge is 2.30. The molecule has 2 aromatic carbocycles. The third-order valence-corrected chi connectivity index (χ3v) is 5.82. The number of thioether (sulfide) groups is 1. The lowest BCUT2D eigenvalue weighted by atomic mass is 10.1. The Morgan fingerprint density at radius 1 is 1.23 bits per heavy atom. The second kappa shape index (κ2) is 7.07. The summed E-state index contributed by atoms with van der Waals surface area (Å²) in [6.45, 7) is 0.786. The minimum Gasteiger partial charge on any atom is -0.325 e. The van der Waals surface area contributed by atoms with Gasteiger partial charge in [-0.3, -0.25) is 4.79 Å². The van der Waals surface area contributed by atoms with Crippen molar-refractivity contribution in [2.24, 2.45) is 0 Å². The first-order chi connectivity index (χ1) is 10.6. The molecule has 0 aliphatic carbocycles. The number of amides is 1. The molecule has 1 aliphatic rings. The SMILES string of the molecule is O=C(Cc1ccccc1Cl)N1CCSC1c1ccc(Br)cc1. The van der Waals surface area contributed by atoms with Crippen LogP contribution in [0, 0.1) is 0 Å². The van der Waals surface area contributed by atoms with Crippen LogP contribution in [0.1, 0.15) is 16.5 Å². The minimum absolute atomic E-state index is 0.100. The highest BCUT2D eigenvalue weighted by atomic mass is 79.9. The molecular formula is C17H15BrClNOS. The molecule has 0 bridgehead atoms. The molecule has 1 amide bonds. The Bertz CT molecular complexity index is 677. The molecule has 1 aliphatic heterocycles. The smallest absolute Gasteiger partial charge is 0.228 e. The average molecular weight is 397 g/mol. The molecule has 1 unspecified atom stereocenters. The van der Waals surface area contributed by atoms with Crippen LogP contribution in [0.5, 0.6) is 0 Å². The van der Waals surface area contributed by atoms with E-state index in [2.05, 4.69) is 28.1 Å². The van der Waals surface area contributed by atoms with Crippen LogP contribution >= 0.6 is 39.3 Å². The van der Waals surface area contributed by atoms with Crippen molar-refractivity contribution in [1.29, 1.82) is 0 Å². The average Bonchev–Trinajstić information content (AvgIpc) is 3.00. The summed E-state index contributed by atoms with van der Waals surface area (Å²) in [5, 5.41) is 0.756. The van der Waals surface area contributed by atoms with Gasteiger partial charge >= 0.3 is 0 Å². The molecule has 0 aromatic heterocycles. The van der Waals surface area contributed by atoms with Gasteiger partial charge in [0, 0.05) is 21.8 Å². The van der Waals surface area contributed by atoms with Crippen LogP contribution in [0.3, 0.4) is 0 Å². The normalized spacial score (nSPS) is 17.7. The number of carbonyl (C=O) groups is 1. The Balaban J connectivity index is 1.76. The number of hydrogen-bond donors (Lipinski definition) is 0. The van der Waals surface area contributed by atoms with Crippen molar-refractivity contribution in [1.82, 2.24) is 4.90 Å². The van der Waals surface area contributed by atoms with Crippen LogP contribution in [-0.4, -0.2) is 23.1 Å². The van der Waals surface area contributed by atoms with Gasteiger partial charge < -0.3 is 4.90 Å². The van der Waals surface area contributed by atoms with Crippen LogP contribution in [-0.2, 0) is 11.2 Å². The Morgan fingerprint density at radius 2 is 1.95 bits per heavy atom. The monoisotopic (exact) mass is 395 g/mol. The third-order valence-electron chi connectivity index (χ3n) is 3.67. The van der Waals surface area contributed by atoms with Crippen molar-refractivity contribution >= 4 is 45.2 Å². The van der Waals surface area contributed by atoms with Crippen LogP contribution in [0.4, 0.5) is 0 Å². The standard InChI is InChI=1S/C17H15BrClNOS/c18-14-7-5-12(6-8-14)17-20(9-10-22-17)16(21)11-13-3-1-2-4-15(13)19/h1-8,17H,9-11H2. The molecule has 2 aromatic rings. The maximum Gasteiger partial charge on any atom is 0.228 e. The predicted octanol–water partition coefficient (Wildman–Crippen LogP) is 4.92. The summed E-state index contributed by atoms with van der Waals surface area (Å²) in [5.74, 6) is 1.10. The zero-order valence-corrected chi connectivity index (χ0v) is 15.0. The lowest BCUT2D eigenvalue weighted by Crippen LogP contribution is -2.31. The van der Waals surface area contributed by atoms with Crippen molar-refractivity contribution in [2.75, 3.05) is 12.3 Å². The van der Waals surface area contributed by atoms with Crippen LogP contribution < -0.4 is 0 Å². The first-order valence-electron chi connectivity index (χ1n) is 7.05. The van der Waals surface area contributed by atoms with Crippen LogP contribution in [0.15, 0.2) is 53.0 Å². The minimum atomic E-state index is 0.100. The lowest BCUT2D eigenvalue weighted by Gasteiger charge is -2.24. The van der Waals surface area contributed by atoms with E-state index in [9.17, 15) is 4.79 Å². The first-order valence-corrected chi connectivity index (χ1v) is 9.27. The summed E-state index contributed by atoms with van der Waals surface area (Å²) >= 11 is 11.4. The zero-order valence-electron chi connectivity index (χ0n) is 11.8. The van der Waals surface area contributed by atoms with Crippen molar-refractivity contribution in [3.05, 3.63) is 69.2 Å². The third kappa shape index (κ3) is 3.50. The second-order valence-electron chi connectivity index (χ2n) is 5.13. The molecule has 2 nitrogen and oxygen atoms in total. The predicted molar refractivity (Wildman–Crippen MR) is 96.2 cm³/mol. The molecule has 0 N–H and O–H groups in total. The highest BCUT2D eigenvalue weighted by Crippen LogP contribution is 2.38. The summed E-state index contributed by atoms with van der Waals surface area (Å²) in [6, 6.07) is 15.7. The lowest BCUT2D eigenvalue weighted by molar-refractivity contribution is -0.130. The van der Waals surface area contributed by atoms with E-state index in [4.69, 9.17) is 11.6 Å². The Labute approximate surface area is 148 Å². The molecule has 1 heterocycles. The quantitative estimate of drug-likeness (QED) is 0.734. The van der Waals surface area contributed by atoms with Crippen molar-refractivity contribution < 1.29 is 4.79 Å². The number of benzene rings is 2. The molecule has 22 heavy (non-hydrogen) atoms. The van der Waals surface area contributed by atoms with Crippen LogP contribution in [0.2, 0.25) is 5.02 Å². The number of carbonyl (C=O) groups excluding carboxylic acids is 1. The molecule has 1 fully saturated rings. The summed E-state index contributed by atoms with van der Waals surface area (Å²) in [7, 11) is 0. The van der Waals surface area contributed by atoms with Gasteiger partial charge in [-0.15, -0.1) is 11.8 Å². The fourth-order valence-electron chi connectivity index (χ4n) is 2.54. The van der Waals surface area contributed by atoms with Crippen molar-refractivity contribution in [2.45, 2.75) is 11.8 Å². The van der Waals surface area contributed by atoms with Gasteiger partial charge in [0.2, 0.25) is 5.91 Å². The van der Waals surface area contributed by atoms with Gasteiger partial charge in [-0.25, -0.2) is 0 Å². The number of nitrogens with zero attached hydrogens (tertiary/aromatic N) is 1. The van der Waals surface area contributed by atoms with Gasteiger partial charge in [0.1, 0.15) is 5.37 Å². The zero-order chi connectivity index (χ0) is 15.5. The summed E-state index contributed by atoms with van der Waals surface area (Å²) in [5.41, 5.74) is 2.05. The molecule has 3 rings (SSSR count). The number of hydrogen-bond acceptors (Lipinski definition) is 2. The molecule has 1 atom stereocenters. The van der Waals surface area contributed by atoms with E-state index < -0.39 is 0 Å². The molecule has 5 heteroatoms. The number of rotatable bonds is 3. The molecule has 114 valence electrons. The fourth-order valence-corrected chi connectivity index (χ4v) is 4.28. The number of halogens is 2. The maximum atomic E-state index is 12.7. The summed E-state index contributed by atoms with van der Waals surface area (Å²) in [4.78, 5) is 14.6. The van der Waals surface area contributed by atoms with E-state index >= 15 is 0 Å². The molecule has 0 saturated carbocycles. The van der Waals surface area contributed by atoms with Gasteiger partial charge in [-0.2, -0.15) is 0 Å². The second-order valence-corrected chi connectivity index (χ2v) is 7.64. The van der Waals surface area contributed by atoms with E-state index in [-0.39, 0.29) is 11.3 Å². The Kier molecular flexibility index (Phi) is 5.11. The highest BCUT2D eigenvalue weighted by molar-refractivity contribution is 9.10. The van der Waals surface area contributed by atoms with Gasteiger partial charge in [-0.05, 0) is 29.3 Å². The fraction of sp³-hybridized carbons (Fsp3) is 0.235. The molecule has 0 spiro atoms.